The number of carboxylic acids is 1. The first-order chi connectivity index (χ1) is 8.17. The van der Waals surface area contributed by atoms with Crippen molar-refractivity contribution in [1.29, 1.82) is 0 Å². The number of methoxy groups -OCH3 is 1. The highest BCUT2D eigenvalue weighted by Gasteiger charge is 2.26. The summed E-state index contributed by atoms with van der Waals surface area (Å²) in [5.41, 5.74) is 0. The molecule has 0 saturated carbocycles. The largest absolute Gasteiger partial charge is 0.480 e. The Kier molecular flexibility index (Phi) is 6.47. The molecule has 1 aliphatic heterocycles. The summed E-state index contributed by atoms with van der Waals surface area (Å²) in [6, 6.07) is -0.448. The van der Waals surface area contributed by atoms with Crippen LogP contribution in [0.3, 0.4) is 0 Å². The van der Waals surface area contributed by atoms with E-state index < -0.39 is 12.0 Å². The molecule has 0 aromatic carbocycles. The fraction of sp³-hybridized carbons (Fsp3) is 0.917. The van der Waals surface area contributed by atoms with Crippen molar-refractivity contribution in [1.82, 2.24) is 10.2 Å². The number of hydrogen-bond acceptors (Lipinski definition) is 4. The van der Waals surface area contributed by atoms with E-state index in [1.165, 1.54) is 0 Å². The van der Waals surface area contributed by atoms with Gasteiger partial charge >= 0.3 is 5.97 Å². The van der Waals surface area contributed by atoms with Crippen LogP contribution in [0.4, 0.5) is 0 Å². The van der Waals surface area contributed by atoms with Gasteiger partial charge in [-0.15, -0.1) is 0 Å². The number of ether oxygens (including phenoxy) is 1. The van der Waals surface area contributed by atoms with Gasteiger partial charge in [0.05, 0.1) is 6.61 Å². The van der Waals surface area contributed by atoms with Gasteiger partial charge in [-0.2, -0.15) is 0 Å². The quantitative estimate of drug-likeness (QED) is 0.647. The molecule has 2 N–H and O–H groups in total. The van der Waals surface area contributed by atoms with Crippen LogP contribution in [0.25, 0.3) is 0 Å². The molecule has 0 aromatic rings. The third-order valence-corrected chi connectivity index (χ3v) is 3.15. The lowest BCUT2D eigenvalue weighted by molar-refractivity contribution is -0.139. The summed E-state index contributed by atoms with van der Waals surface area (Å²) in [4.78, 5) is 13.3. The number of likely N-dealkylation sites (tertiary alicyclic amines) is 1. The lowest BCUT2D eigenvalue weighted by Crippen LogP contribution is -2.45. The molecule has 1 rings (SSSR count). The molecular formula is C12H24N2O3. The van der Waals surface area contributed by atoms with Crippen molar-refractivity contribution in [3.8, 4) is 0 Å². The Labute approximate surface area is 103 Å². The Morgan fingerprint density at radius 3 is 3.00 bits per heavy atom. The van der Waals surface area contributed by atoms with Crippen molar-refractivity contribution < 1.29 is 14.6 Å². The average molecular weight is 244 g/mol. The minimum absolute atomic E-state index is 0.448. The fourth-order valence-corrected chi connectivity index (χ4v) is 2.26. The molecule has 0 aromatic heterocycles. The first-order valence-electron chi connectivity index (χ1n) is 6.34. The van der Waals surface area contributed by atoms with E-state index in [0.717, 1.165) is 39.1 Å². The van der Waals surface area contributed by atoms with Crippen molar-refractivity contribution in [2.45, 2.75) is 25.8 Å². The van der Waals surface area contributed by atoms with Crippen molar-refractivity contribution in [2.75, 3.05) is 39.9 Å². The van der Waals surface area contributed by atoms with Gasteiger partial charge in [0.25, 0.3) is 0 Å². The first kappa shape index (κ1) is 14.4. The highest BCUT2D eigenvalue weighted by molar-refractivity contribution is 5.73. The lowest BCUT2D eigenvalue weighted by Gasteiger charge is -2.21. The molecule has 0 bridgehead atoms. The molecule has 100 valence electrons. The van der Waals surface area contributed by atoms with Crippen LogP contribution in [0, 0.1) is 5.92 Å². The van der Waals surface area contributed by atoms with Crippen molar-refractivity contribution in [2.24, 2.45) is 5.92 Å². The number of nitrogens with one attached hydrogen (secondary N) is 1. The summed E-state index contributed by atoms with van der Waals surface area (Å²) >= 11 is 0. The molecule has 2 unspecified atom stereocenters. The predicted molar refractivity (Wildman–Crippen MR) is 66.1 cm³/mol. The van der Waals surface area contributed by atoms with Crippen molar-refractivity contribution in [3.63, 3.8) is 0 Å². The molecule has 1 heterocycles. The third-order valence-electron chi connectivity index (χ3n) is 3.15. The number of carboxylic acid groups (broad SMARTS) is 1. The lowest BCUT2D eigenvalue weighted by atomic mass is 10.1. The topological polar surface area (TPSA) is 61.8 Å². The molecule has 2 atom stereocenters. The predicted octanol–water partition coefficient (Wildman–Crippen LogP) is 0.408. The zero-order valence-electron chi connectivity index (χ0n) is 10.8. The van der Waals surface area contributed by atoms with Crippen LogP contribution in [0.15, 0.2) is 0 Å². The second-order valence-electron chi connectivity index (χ2n) is 4.71. The van der Waals surface area contributed by atoms with Gasteiger partial charge in [0, 0.05) is 20.2 Å². The van der Waals surface area contributed by atoms with E-state index in [0.29, 0.717) is 12.5 Å². The Bertz CT molecular complexity index is 236. The minimum Gasteiger partial charge on any atom is -0.480 e. The van der Waals surface area contributed by atoms with Crippen LogP contribution < -0.4 is 5.32 Å². The van der Waals surface area contributed by atoms with Crippen LogP contribution in [-0.2, 0) is 9.53 Å². The number of hydrogen-bond donors (Lipinski definition) is 2. The summed E-state index contributed by atoms with van der Waals surface area (Å²) < 4.78 is 5.13. The van der Waals surface area contributed by atoms with Crippen LogP contribution in [0.2, 0.25) is 0 Å². The first-order valence-corrected chi connectivity index (χ1v) is 6.34. The van der Waals surface area contributed by atoms with Crippen molar-refractivity contribution in [3.05, 3.63) is 0 Å². The van der Waals surface area contributed by atoms with Crippen LogP contribution in [0.1, 0.15) is 19.8 Å². The molecule has 0 aliphatic carbocycles. The van der Waals surface area contributed by atoms with Gasteiger partial charge in [0.2, 0.25) is 0 Å². The number of aliphatic carboxylic acids is 1. The second kappa shape index (κ2) is 7.63. The Hall–Kier alpha value is -0.650. The van der Waals surface area contributed by atoms with E-state index in [4.69, 9.17) is 9.84 Å². The van der Waals surface area contributed by atoms with Gasteiger partial charge < -0.3 is 20.1 Å². The Balaban J connectivity index is 2.32. The smallest absolute Gasteiger partial charge is 0.322 e. The maximum Gasteiger partial charge on any atom is 0.322 e. The summed E-state index contributed by atoms with van der Waals surface area (Å²) in [5, 5.41) is 12.2. The zero-order valence-corrected chi connectivity index (χ0v) is 10.8. The molecule has 5 nitrogen and oxygen atoms in total. The summed E-state index contributed by atoms with van der Waals surface area (Å²) in [7, 11) is 1.71. The second-order valence-corrected chi connectivity index (χ2v) is 4.71. The monoisotopic (exact) mass is 244 g/mol. The highest BCUT2D eigenvalue weighted by atomic mass is 16.5. The molecule has 0 radical (unpaired) electrons. The Morgan fingerprint density at radius 2 is 2.41 bits per heavy atom. The maximum atomic E-state index is 11.1. The molecule has 0 amide bonds. The average Bonchev–Trinajstić information content (AvgIpc) is 2.72. The van der Waals surface area contributed by atoms with Gasteiger partial charge in [0.1, 0.15) is 6.04 Å². The third kappa shape index (κ3) is 5.02. The Morgan fingerprint density at radius 1 is 1.65 bits per heavy atom. The number of carbonyl (C=O) groups is 1. The van der Waals surface area contributed by atoms with E-state index >= 15 is 0 Å². The summed E-state index contributed by atoms with van der Waals surface area (Å²) in [6.45, 7) is 6.09. The van der Waals surface area contributed by atoms with E-state index in [9.17, 15) is 4.79 Å². The normalized spacial score (nSPS) is 22.8. The molecule has 0 spiro atoms. The van der Waals surface area contributed by atoms with Gasteiger partial charge in [-0.3, -0.25) is 4.79 Å². The van der Waals surface area contributed by atoms with Crippen LogP contribution >= 0.6 is 0 Å². The van der Waals surface area contributed by atoms with E-state index in [2.05, 4.69) is 10.2 Å². The molecular weight excluding hydrogens is 220 g/mol. The maximum absolute atomic E-state index is 11.1. The minimum atomic E-state index is -0.756. The summed E-state index contributed by atoms with van der Waals surface area (Å²) in [5.74, 6) is -0.200. The van der Waals surface area contributed by atoms with E-state index in [-0.39, 0.29) is 0 Å². The van der Waals surface area contributed by atoms with Gasteiger partial charge in [-0.1, -0.05) is 6.92 Å². The molecule has 5 heteroatoms. The number of rotatable bonds is 8. The standard InChI is InChI=1S/C12H24N2O3/c1-3-5-13-11(12(15)16)8-14-6-4-10(7-14)9-17-2/h10-11,13H,3-9H2,1-2H3,(H,15,16). The molecule has 1 saturated heterocycles. The summed E-state index contributed by atoms with van der Waals surface area (Å²) in [6.07, 6.45) is 2.06. The molecule has 1 fully saturated rings. The highest BCUT2D eigenvalue weighted by Crippen LogP contribution is 2.16. The van der Waals surface area contributed by atoms with Crippen LogP contribution in [-0.4, -0.2) is 61.9 Å². The van der Waals surface area contributed by atoms with Gasteiger partial charge in [0.15, 0.2) is 0 Å². The molecule has 1 aliphatic rings. The van der Waals surface area contributed by atoms with Gasteiger partial charge in [-0.25, -0.2) is 0 Å². The SMILES string of the molecule is CCCNC(CN1CCC(COC)C1)C(=O)O. The molecule has 17 heavy (non-hydrogen) atoms. The van der Waals surface area contributed by atoms with Gasteiger partial charge in [-0.05, 0) is 31.8 Å². The van der Waals surface area contributed by atoms with E-state index in [1.54, 1.807) is 7.11 Å². The van der Waals surface area contributed by atoms with Crippen molar-refractivity contribution >= 4 is 5.97 Å². The van der Waals surface area contributed by atoms with E-state index in [1.807, 2.05) is 6.92 Å². The fourth-order valence-electron chi connectivity index (χ4n) is 2.26. The zero-order chi connectivity index (χ0) is 12.7. The van der Waals surface area contributed by atoms with Crippen LogP contribution in [0.5, 0.6) is 0 Å². The number of nitrogens with zero attached hydrogens (tertiary/aromatic N) is 1.